The lowest BCUT2D eigenvalue weighted by Crippen LogP contribution is -2.18. The molecule has 8 nitrogen and oxygen atoms in total. The van der Waals surface area contributed by atoms with Gasteiger partial charge in [-0.05, 0) is 42.3 Å². The predicted molar refractivity (Wildman–Crippen MR) is 120 cm³/mol. The van der Waals surface area contributed by atoms with Crippen LogP contribution in [0.25, 0.3) is 10.9 Å². The van der Waals surface area contributed by atoms with Crippen molar-refractivity contribution in [3.05, 3.63) is 88.6 Å². The van der Waals surface area contributed by atoms with E-state index >= 15 is 0 Å². The molecule has 0 aliphatic rings. The lowest BCUT2D eigenvalue weighted by Gasteiger charge is -2.08. The maximum atomic E-state index is 13.7. The van der Waals surface area contributed by atoms with E-state index in [0.717, 1.165) is 11.6 Å². The van der Waals surface area contributed by atoms with E-state index in [2.05, 4.69) is 21.5 Å². The van der Waals surface area contributed by atoms with Crippen LogP contribution in [0, 0.1) is 17.1 Å². The SMILES string of the molecule is CCc1nn(Cc2ccc(C#N)cc2)cc1NC(=O)c1cc(C(N)=O)c2ccc(F)cc2n1. The Morgan fingerprint density at radius 3 is 2.61 bits per heavy atom. The molecule has 0 unspecified atom stereocenters. The zero-order valence-electron chi connectivity index (χ0n) is 17.7. The number of benzene rings is 2. The Kier molecular flexibility index (Phi) is 5.83. The summed E-state index contributed by atoms with van der Waals surface area (Å²) in [6.07, 6.45) is 2.27. The summed E-state index contributed by atoms with van der Waals surface area (Å²) >= 11 is 0. The lowest BCUT2D eigenvalue weighted by atomic mass is 10.1. The smallest absolute Gasteiger partial charge is 0.274 e. The van der Waals surface area contributed by atoms with Crippen LogP contribution in [0.2, 0.25) is 0 Å². The topological polar surface area (TPSA) is 127 Å². The molecule has 0 spiro atoms. The van der Waals surface area contributed by atoms with Gasteiger partial charge >= 0.3 is 0 Å². The summed E-state index contributed by atoms with van der Waals surface area (Å²) in [5, 5.41) is 16.6. The van der Waals surface area contributed by atoms with Crippen molar-refractivity contribution in [2.75, 3.05) is 5.32 Å². The number of nitrogens with one attached hydrogen (secondary N) is 1. The second-order valence-corrected chi connectivity index (χ2v) is 7.38. The summed E-state index contributed by atoms with van der Waals surface area (Å²) in [5.74, 6) is -1.86. The first-order valence-corrected chi connectivity index (χ1v) is 10.1. The van der Waals surface area contributed by atoms with E-state index in [-0.39, 0.29) is 16.8 Å². The third kappa shape index (κ3) is 4.55. The average molecular weight is 442 g/mol. The highest BCUT2D eigenvalue weighted by molar-refractivity contribution is 6.10. The summed E-state index contributed by atoms with van der Waals surface area (Å²) in [7, 11) is 0. The second-order valence-electron chi connectivity index (χ2n) is 7.38. The number of rotatable bonds is 6. The first-order chi connectivity index (χ1) is 15.9. The molecule has 0 saturated heterocycles. The minimum absolute atomic E-state index is 0.0659. The fourth-order valence-corrected chi connectivity index (χ4v) is 3.49. The van der Waals surface area contributed by atoms with Crippen LogP contribution in [-0.4, -0.2) is 26.6 Å². The van der Waals surface area contributed by atoms with Gasteiger partial charge in [-0.15, -0.1) is 0 Å². The molecule has 2 amide bonds. The highest BCUT2D eigenvalue weighted by Gasteiger charge is 2.18. The van der Waals surface area contributed by atoms with Gasteiger partial charge in [0.25, 0.3) is 5.91 Å². The molecule has 0 fully saturated rings. The summed E-state index contributed by atoms with van der Waals surface area (Å²) in [5.41, 5.74) is 8.31. The third-order valence-corrected chi connectivity index (χ3v) is 5.12. The average Bonchev–Trinajstić information content (AvgIpc) is 3.19. The van der Waals surface area contributed by atoms with E-state index in [1.165, 1.54) is 18.2 Å². The van der Waals surface area contributed by atoms with Crippen molar-refractivity contribution in [3.8, 4) is 6.07 Å². The number of carbonyl (C=O) groups excluding carboxylic acids is 2. The molecule has 9 heteroatoms. The Bertz CT molecular complexity index is 1420. The molecule has 0 bridgehead atoms. The Hall–Kier alpha value is -4.58. The molecule has 0 aliphatic heterocycles. The van der Waals surface area contributed by atoms with E-state index in [1.54, 1.807) is 23.0 Å². The zero-order chi connectivity index (χ0) is 23.5. The quantitative estimate of drug-likeness (QED) is 0.473. The van der Waals surface area contributed by atoms with Crippen LogP contribution in [-0.2, 0) is 13.0 Å². The molecule has 0 saturated carbocycles. The molecule has 2 aromatic heterocycles. The number of anilines is 1. The molecule has 33 heavy (non-hydrogen) atoms. The number of hydrogen-bond donors (Lipinski definition) is 2. The van der Waals surface area contributed by atoms with Gasteiger partial charge in [0, 0.05) is 17.6 Å². The van der Waals surface area contributed by atoms with Crippen LogP contribution in [0.4, 0.5) is 10.1 Å². The third-order valence-electron chi connectivity index (χ3n) is 5.12. The molecule has 0 atom stereocenters. The molecule has 4 rings (SSSR count). The summed E-state index contributed by atoms with van der Waals surface area (Å²) in [6.45, 7) is 2.36. The highest BCUT2D eigenvalue weighted by atomic mass is 19.1. The van der Waals surface area contributed by atoms with Crippen molar-refractivity contribution in [1.82, 2.24) is 14.8 Å². The number of fused-ring (bicyclic) bond motifs is 1. The van der Waals surface area contributed by atoms with Gasteiger partial charge < -0.3 is 11.1 Å². The number of amides is 2. The van der Waals surface area contributed by atoms with Gasteiger partial charge in [-0.25, -0.2) is 9.37 Å². The van der Waals surface area contributed by atoms with Crippen LogP contribution in [0.5, 0.6) is 0 Å². The van der Waals surface area contributed by atoms with Gasteiger partial charge in [0.15, 0.2) is 0 Å². The molecule has 4 aromatic rings. The Morgan fingerprint density at radius 1 is 1.18 bits per heavy atom. The normalized spacial score (nSPS) is 10.7. The van der Waals surface area contributed by atoms with Crippen LogP contribution in [0.1, 0.15) is 44.6 Å². The molecule has 0 aliphatic carbocycles. The Labute approximate surface area is 188 Å². The highest BCUT2D eigenvalue weighted by Crippen LogP contribution is 2.21. The van der Waals surface area contributed by atoms with Crippen molar-refractivity contribution in [3.63, 3.8) is 0 Å². The molecule has 3 N–H and O–H groups in total. The van der Waals surface area contributed by atoms with Crippen molar-refractivity contribution in [1.29, 1.82) is 5.26 Å². The van der Waals surface area contributed by atoms with Gasteiger partial charge in [0.1, 0.15) is 11.5 Å². The van der Waals surface area contributed by atoms with Crippen molar-refractivity contribution >= 4 is 28.4 Å². The Morgan fingerprint density at radius 2 is 1.94 bits per heavy atom. The maximum Gasteiger partial charge on any atom is 0.274 e. The first-order valence-electron chi connectivity index (χ1n) is 10.1. The van der Waals surface area contributed by atoms with Gasteiger partial charge in [-0.2, -0.15) is 10.4 Å². The summed E-state index contributed by atoms with van der Waals surface area (Å²) < 4.78 is 15.4. The zero-order valence-corrected chi connectivity index (χ0v) is 17.7. The number of aryl methyl sites for hydroxylation is 1. The number of halogens is 1. The molecule has 2 aromatic carbocycles. The fraction of sp³-hybridized carbons (Fsp3) is 0.125. The lowest BCUT2D eigenvalue weighted by molar-refractivity contribution is 0.100. The van der Waals surface area contributed by atoms with Crippen molar-refractivity contribution in [2.45, 2.75) is 19.9 Å². The van der Waals surface area contributed by atoms with Crippen molar-refractivity contribution < 1.29 is 14.0 Å². The van der Waals surface area contributed by atoms with Crippen LogP contribution in [0.3, 0.4) is 0 Å². The number of primary amides is 1. The van der Waals surface area contributed by atoms with Gasteiger partial charge in [-0.3, -0.25) is 14.3 Å². The summed E-state index contributed by atoms with van der Waals surface area (Å²) in [6, 6.07) is 14.3. The van der Waals surface area contributed by atoms with E-state index in [9.17, 15) is 14.0 Å². The largest absolute Gasteiger partial charge is 0.366 e. The number of hydrogen-bond acceptors (Lipinski definition) is 5. The Balaban J connectivity index is 1.62. The minimum atomic E-state index is -0.743. The number of aromatic nitrogens is 3. The number of nitriles is 1. The summed E-state index contributed by atoms with van der Waals surface area (Å²) in [4.78, 5) is 29.0. The molecular formula is C24H19FN6O2. The van der Waals surface area contributed by atoms with Gasteiger partial charge in [-0.1, -0.05) is 19.1 Å². The predicted octanol–water partition coefficient (Wildman–Crippen LogP) is 3.40. The van der Waals surface area contributed by atoms with E-state index in [1.807, 2.05) is 19.1 Å². The molecule has 2 heterocycles. The van der Waals surface area contributed by atoms with E-state index in [4.69, 9.17) is 11.0 Å². The van der Waals surface area contributed by atoms with Crippen molar-refractivity contribution in [2.24, 2.45) is 5.73 Å². The van der Waals surface area contributed by atoms with E-state index in [0.29, 0.717) is 35.3 Å². The van der Waals surface area contributed by atoms with Gasteiger partial charge in [0.2, 0.25) is 5.91 Å². The molecule has 164 valence electrons. The fourth-order valence-electron chi connectivity index (χ4n) is 3.49. The number of pyridine rings is 1. The molecule has 0 radical (unpaired) electrons. The molecular weight excluding hydrogens is 423 g/mol. The number of carbonyl (C=O) groups is 2. The first kappa shape index (κ1) is 21.6. The number of nitrogens with zero attached hydrogens (tertiary/aromatic N) is 4. The van der Waals surface area contributed by atoms with Crippen LogP contribution < -0.4 is 11.1 Å². The van der Waals surface area contributed by atoms with Crippen LogP contribution in [0.15, 0.2) is 54.7 Å². The minimum Gasteiger partial charge on any atom is -0.366 e. The van der Waals surface area contributed by atoms with Gasteiger partial charge in [0.05, 0.1) is 40.6 Å². The van der Waals surface area contributed by atoms with Crippen LogP contribution >= 0.6 is 0 Å². The standard InChI is InChI=1S/C24H19FN6O2/c1-2-19-22(13-31(30-19)12-15-5-3-14(11-26)4-6-15)29-24(33)21-10-18(23(27)32)17-8-7-16(25)9-20(17)28-21/h3-10,13H,2,12H2,1H3,(H2,27,32)(H,29,33). The maximum absolute atomic E-state index is 13.7. The monoisotopic (exact) mass is 442 g/mol. The number of nitrogens with two attached hydrogens (primary N) is 1. The van der Waals surface area contributed by atoms with E-state index < -0.39 is 17.6 Å². The second kappa shape index (κ2) is 8.88.